The molecule has 0 saturated heterocycles. The van der Waals surface area contributed by atoms with Crippen molar-refractivity contribution < 1.29 is 8.42 Å². The van der Waals surface area contributed by atoms with Gasteiger partial charge in [-0.2, -0.15) is 0 Å². The van der Waals surface area contributed by atoms with Gasteiger partial charge in [-0.1, -0.05) is 19.8 Å². The Balaban J connectivity index is 2.17. The average molecular weight is 247 g/mol. The summed E-state index contributed by atoms with van der Waals surface area (Å²) in [6.07, 6.45) is 3.96. The highest BCUT2D eigenvalue weighted by Gasteiger charge is 2.23. The van der Waals surface area contributed by atoms with Crippen molar-refractivity contribution in [3.63, 3.8) is 0 Å². The highest BCUT2D eigenvalue weighted by atomic mass is 32.2. The number of hydrogen-bond donors (Lipinski definition) is 1. The molecule has 1 rings (SSSR count). The van der Waals surface area contributed by atoms with Gasteiger partial charge in [-0.25, -0.2) is 8.42 Å². The molecular formula is C12H25NO2S. The summed E-state index contributed by atoms with van der Waals surface area (Å²) in [4.78, 5) is 0. The molecule has 16 heavy (non-hydrogen) atoms. The molecule has 2 atom stereocenters. The normalized spacial score (nSPS) is 26.5. The van der Waals surface area contributed by atoms with Crippen molar-refractivity contribution in [2.75, 3.05) is 18.8 Å². The van der Waals surface area contributed by atoms with Gasteiger partial charge in [0.1, 0.15) is 0 Å². The van der Waals surface area contributed by atoms with Crippen molar-refractivity contribution in [1.82, 2.24) is 5.32 Å². The summed E-state index contributed by atoms with van der Waals surface area (Å²) < 4.78 is 23.1. The van der Waals surface area contributed by atoms with Crippen molar-refractivity contribution in [3.05, 3.63) is 0 Å². The summed E-state index contributed by atoms with van der Waals surface area (Å²) in [5, 5.41) is 3.04. The van der Waals surface area contributed by atoms with Gasteiger partial charge < -0.3 is 5.32 Å². The Morgan fingerprint density at radius 2 is 2.00 bits per heavy atom. The number of hydrogen-bond acceptors (Lipinski definition) is 3. The van der Waals surface area contributed by atoms with E-state index in [1.54, 1.807) is 13.8 Å². The second kappa shape index (κ2) is 6.01. The Labute approximate surface area is 99.9 Å². The Bertz CT molecular complexity index is 298. The van der Waals surface area contributed by atoms with Crippen LogP contribution in [0.1, 0.15) is 40.0 Å². The number of rotatable bonds is 6. The molecule has 0 bridgehead atoms. The molecule has 0 amide bonds. The lowest BCUT2D eigenvalue weighted by Crippen LogP contribution is -2.31. The van der Waals surface area contributed by atoms with E-state index in [2.05, 4.69) is 12.2 Å². The van der Waals surface area contributed by atoms with Gasteiger partial charge in [-0.05, 0) is 38.6 Å². The van der Waals surface area contributed by atoms with Crippen LogP contribution in [0.25, 0.3) is 0 Å². The van der Waals surface area contributed by atoms with E-state index in [-0.39, 0.29) is 11.0 Å². The van der Waals surface area contributed by atoms with Crippen LogP contribution in [0.5, 0.6) is 0 Å². The number of nitrogens with one attached hydrogen (secondary N) is 1. The molecule has 3 nitrogen and oxygen atoms in total. The highest BCUT2D eigenvalue weighted by molar-refractivity contribution is 7.92. The van der Waals surface area contributed by atoms with Crippen LogP contribution in [0, 0.1) is 11.8 Å². The molecule has 1 aliphatic rings. The highest BCUT2D eigenvalue weighted by Crippen LogP contribution is 2.30. The lowest BCUT2D eigenvalue weighted by Gasteiger charge is -2.16. The van der Waals surface area contributed by atoms with Crippen LogP contribution in [0.4, 0.5) is 0 Å². The zero-order chi connectivity index (χ0) is 12.2. The van der Waals surface area contributed by atoms with Crippen LogP contribution < -0.4 is 5.32 Å². The van der Waals surface area contributed by atoms with E-state index < -0.39 is 9.84 Å². The molecule has 1 aliphatic carbocycles. The third kappa shape index (κ3) is 4.06. The van der Waals surface area contributed by atoms with E-state index in [4.69, 9.17) is 0 Å². The molecule has 1 N–H and O–H groups in total. The maximum absolute atomic E-state index is 11.6. The molecule has 2 unspecified atom stereocenters. The van der Waals surface area contributed by atoms with E-state index in [1.165, 1.54) is 19.3 Å². The molecular weight excluding hydrogens is 222 g/mol. The first kappa shape index (κ1) is 14.0. The Morgan fingerprint density at radius 1 is 1.31 bits per heavy atom. The Morgan fingerprint density at radius 3 is 2.50 bits per heavy atom. The van der Waals surface area contributed by atoms with Crippen molar-refractivity contribution in [2.45, 2.75) is 45.3 Å². The largest absolute Gasteiger partial charge is 0.315 e. The fourth-order valence-corrected chi connectivity index (χ4v) is 3.16. The number of sulfone groups is 1. The maximum Gasteiger partial charge on any atom is 0.153 e. The molecule has 1 fully saturated rings. The van der Waals surface area contributed by atoms with Crippen molar-refractivity contribution in [2.24, 2.45) is 11.8 Å². The zero-order valence-corrected chi connectivity index (χ0v) is 11.5. The average Bonchev–Trinajstić information content (AvgIpc) is 2.59. The first-order chi connectivity index (χ1) is 7.43. The SMILES string of the molecule is CC1CCCC1CNCCS(=O)(=O)C(C)C. The summed E-state index contributed by atoms with van der Waals surface area (Å²) in [6.45, 7) is 7.37. The van der Waals surface area contributed by atoms with Crippen LogP contribution >= 0.6 is 0 Å². The predicted octanol–water partition coefficient (Wildman–Crippen LogP) is 1.84. The molecule has 0 heterocycles. The molecule has 1 saturated carbocycles. The van der Waals surface area contributed by atoms with Gasteiger partial charge in [-0.15, -0.1) is 0 Å². The van der Waals surface area contributed by atoms with Crippen molar-refractivity contribution in [3.8, 4) is 0 Å². The van der Waals surface area contributed by atoms with Crippen molar-refractivity contribution >= 4 is 9.84 Å². The van der Waals surface area contributed by atoms with E-state index in [0.29, 0.717) is 6.54 Å². The van der Waals surface area contributed by atoms with Gasteiger partial charge in [0.25, 0.3) is 0 Å². The van der Waals surface area contributed by atoms with Gasteiger partial charge in [-0.3, -0.25) is 0 Å². The monoisotopic (exact) mass is 247 g/mol. The molecule has 0 aromatic heterocycles. The lowest BCUT2D eigenvalue weighted by molar-refractivity contribution is 0.396. The third-order valence-electron chi connectivity index (χ3n) is 3.73. The lowest BCUT2D eigenvalue weighted by atomic mass is 9.98. The smallest absolute Gasteiger partial charge is 0.153 e. The molecule has 0 aromatic carbocycles. The quantitative estimate of drug-likeness (QED) is 0.728. The van der Waals surface area contributed by atoms with Crippen LogP contribution in [-0.2, 0) is 9.84 Å². The van der Waals surface area contributed by atoms with E-state index >= 15 is 0 Å². The van der Waals surface area contributed by atoms with E-state index in [1.807, 2.05) is 0 Å². The first-order valence-corrected chi connectivity index (χ1v) is 8.07. The van der Waals surface area contributed by atoms with Gasteiger partial charge in [0.2, 0.25) is 0 Å². The van der Waals surface area contributed by atoms with Gasteiger partial charge >= 0.3 is 0 Å². The summed E-state index contributed by atoms with van der Waals surface area (Å²) in [7, 11) is -2.87. The summed E-state index contributed by atoms with van der Waals surface area (Å²) in [5.41, 5.74) is 0. The maximum atomic E-state index is 11.6. The van der Waals surface area contributed by atoms with Crippen LogP contribution in [0.2, 0.25) is 0 Å². The van der Waals surface area contributed by atoms with E-state index in [9.17, 15) is 8.42 Å². The Hall–Kier alpha value is -0.0900. The van der Waals surface area contributed by atoms with Crippen LogP contribution in [-0.4, -0.2) is 32.5 Å². The summed E-state index contributed by atoms with van der Waals surface area (Å²) in [5.74, 6) is 1.82. The minimum atomic E-state index is -2.87. The van der Waals surface area contributed by atoms with Gasteiger partial charge in [0.05, 0.1) is 11.0 Å². The minimum absolute atomic E-state index is 0.250. The molecule has 96 valence electrons. The zero-order valence-electron chi connectivity index (χ0n) is 10.7. The molecule has 0 aromatic rings. The molecule has 0 radical (unpaired) electrons. The van der Waals surface area contributed by atoms with Crippen LogP contribution in [0.3, 0.4) is 0 Å². The summed E-state index contributed by atoms with van der Waals surface area (Å²) >= 11 is 0. The Kier molecular flexibility index (Phi) is 5.25. The predicted molar refractivity (Wildman–Crippen MR) is 68.3 cm³/mol. The fourth-order valence-electron chi connectivity index (χ4n) is 2.26. The molecule has 0 spiro atoms. The topological polar surface area (TPSA) is 46.2 Å². The summed E-state index contributed by atoms with van der Waals surface area (Å²) in [6, 6.07) is 0. The standard InChI is InChI=1S/C12H25NO2S/c1-10(2)16(14,15)8-7-13-9-12-6-4-5-11(12)3/h10-13H,4-9H2,1-3H3. The first-order valence-electron chi connectivity index (χ1n) is 6.35. The minimum Gasteiger partial charge on any atom is -0.315 e. The second-order valence-corrected chi connectivity index (χ2v) is 7.96. The van der Waals surface area contributed by atoms with E-state index in [0.717, 1.165) is 18.4 Å². The third-order valence-corrected chi connectivity index (χ3v) is 5.94. The molecule has 4 heteroatoms. The molecule has 0 aliphatic heterocycles. The van der Waals surface area contributed by atoms with Gasteiger partial charge in [0.15, 0.2) is 9.84 Å². The fraction of sp³-hybridized carbons (Fsp3) is 1.00. The van der Waals surface area contributed by atoms with Crippen molar-refractivity contribution in [1.29, 1.82) is 0 Å². The second-order valence-electron chi connectivity index (χ2n) is 5.29. The van der Waals surface area contributed by atoms with Gasteiger partial charge in [0, 0.05) is 6.54 Å². The van der Waals surface area contributed by atoms with Crippen LogP contribution in [0.15, 0.2) is 0 Å².